The van der Waals surface area contributed by atoms with Gasteiger partial charge in [0.1, 0.15) is 18.6 Å². The lowest BCUT2D eigenvalue weighted by molar-refractivity contribution is -0.116. The monoisotopic (exact) mass is 211 g/mol. The molecule has 1 aliphatic rings. The highest BCUT2D eigenvalue weighted by atomic mass is 16.5. The van der Waals surface area contributed by atoms with Crippen molar-refractivity contribution < 1.29 is 23.8 Å². The molecule has 0 saturated carbocycles. The Hall–Kier alpha value is -1.98. The van der Waals surface area contributed by atoms with Gasteiger partial charge in [0, 0.05) is 6.92 Å². The number of hydrogen-bond donors (Lipinski definition) is 1. The topological polar surface area (TPSA) is 80.0 Å². The second-order valence-electron chi connectivity index (χ2n) is 3.10. The predicted molar refractivity (Wildman–Crippen MR) is 49.2 cm³/mol. The summed E-state index contributed by atoms with van der Waals surface area (Å²) in [7, 11) is 0. The summed E-state index contributed by atoms with van der Waals surface area (Å²) in [4.78, 5) is 23.4. The van der Waals surface area contributed by atoms with Crippen molar-refractivity contribution in [1.82, 2.24) is 0 Å². The number of fused-ring (bicyclic) bond motifs is 1. The van der Waals surface area contributed by atoms with Crippen molar-refractivity contribution in [3.05, 3.63) is 12.0 Å². The Kier molecular flexibility index (Phi) is 2.11. The van der Waals surface area contributed by atoms with E-state index in [2.05, 4.69) is 0 Å². The molecule has 0 unspecified atom stereocenters. The van der Waals surface area contributed by atoms with Crippen molar-refractivity contribution in [1.29, 1.82) is 0 Å². The molecule has 1 N–H and O–H groups in total. The molecule has 2 rings (SSSR count). The number of nitrogens with zero attached hydrogens (tertiary/aromatic N) is 1. The van der Waals surface area contributed by atoms with Gasteiger partial charge in [0.2, 0.25) is 5.91 Å². The molecule has 2 heterocycles. The fraction of sp³-hybridized carbons (Fsp3) is 0.333. The molecule has 0 fully saturated rings. The minimum Gasteiger partial charge on any atom is -0.485 e. The smallest absolute Gasteiger partial charge is 0.375 e. The van der Waals surface area contributed by atoms with Crippen LogP contribution in [0.25, 0.3) is 0 Å². The first-order valence-electron chi connectivity index (χ1n) is 4.37. The van der Waals surface area contributed by atoms with E-state index >= 15 is 0 Å². The zero-order valence-corrected chi connectivity index (χ0v) is 8.02. The molecule has 6 nitrogen and oxygen atoms in total. The fourth-order valence-electron chi connectivity index (χ4n) is 1.50. The second-order valence-corrected chi connectivity index (χ2v) is 3.10. The van der Waals surface area contributed by atoms with Gasteiger partial charge in [0.25, 0.3) is 5.76 Å². The number of aromatic carboxylic acids is 1. The summed E-state index contributed by atoms with van der Waals surface area (Å²) in [6, 6.07) is 0. The molecule has 15 heavy (non-hydrogen) atoms. The van der Waals surface area contributed by atoms with Gasteiger partial charge >= 0.3 is 5.97 Å². The molecule has 6 heteroatoms. The molecule has 0 atom stereocenters. The lowest BCUT2D eigenvalue weighted by Crippen LogP contribution is -2.36. The number of amides is 1. The van der Waals surface area contributed by atoms with Crippen molar-refractivity contribution in [2.75, 3.05) is 18.1 Å². The number of ether oxygens (including phenoxy) is 1. The summed E-state index contributed by atoms with van der Waals surface area (Å²) in [6.07, 6.45) is 1.22. The Labute approximate surface area is 85.0 Å². The summed E-state index contributed by atoms with van der Waals surface area (Å²) < 4.78 is 10.0. The maximum absolute atomic E-state index is 11.2. The van der Waals surface area contributed by atoms with Gasteiger partial charge in [-0.3, -0.25) is 4.79 Å². The normalized spacial score (nSPS) is 14.3. The maximum Gasteiger partial charge on any atom is 0.375 e. The highest BCUT2D eigenvalue weighted by molar-refractivity contribution is 5.97. The Morgan fingerprint density at radius 2 is 2.27 bits per heavy atom. The highest BCUT2D eigenvalue weighted by Crippen LogP contribution is 2.36. The number of carboxylic acid groups (broad SMARTS) is 1. The van der Waals surface area contributed by atoms with Crippen LogP contribution >= 0.6 is 0 Å². The Bertz CT molecular complexity index is 422. The molecule has 0 radical (unpaired) electrons. The zero-order chi connectivity index (χ0) is 11.0. The third-order valence-electron chi connectivity index (χ3n) is 2.15. The van der Waals surface area contributed by atoms with Crippen molar-refractivity contribution in [2.24, 2.45) is 0 Å². The maximum atomic E-state index is 11.2. The predicted octanol–water partition coefficient (Wildman–Crippen LogP) is 0.723. The minimum absolute atomic E-state index is 0.129. The van der Waals surface area contributed by atoms with Crippen LogP contribution in [0.3, 0.4) is 0 Å². The Morgan fingerprint density at radius 3 is 2.87 bits per heavy atom. The van der Waals surface area contributed by atoms with Crippen molar-refractivity contribution >= 4 is 17.6 Å². The SMILES string of the molecule is CC(=O)N1CCOc2c1coc2C(=O)O. The molecule has 80 valence electrons. The van der Waals surface area contributed by atoms with Crippen molar-refractivity contribution in [3.63, 3.8) is 0 Å². The molecular formula is C9H9NO5. The van der Waals surface area contributed by atoms with E-state index in [1.807, 2.05) is 0 Å². The van der Waals surface area contributed by atoms with Crippen LogP contribution in [-0.2, 0) is 4.79 Å². The molecular weight excluding hydrogens is 202 g/mol. The first kappa shape index (κ1) is 9.57. The van der Waals surface area contributed by atoms with Crippen LogP contribution in [0.5, 0.6) is 5.75 Å². The summed E-state index contributed by atoms with van der Waals surface area (Å²) in [5.41, 5.74) is 0.381. The first-order valence-corrected chi connectivity index (χ1v) is 4.37. The van der Waals surface area contributed by atoms with E-state index in [4.69, 9.17) is 14.3 Å². The quantitative estimate of drug-likeness (QED) is 0.740. The van der Waals surface area contributed by atoms with Gasteiger partial charge in [-0.05, 0) is 0 Å². The van der Waals surface area contributed by atoms with Crippen LogP contribution in [0.15, 0.2) is 10.7 Å². The van der Waals surface area contributed by atoms with E-state index in [1.165, 1.54) is 18.1 Å². The number of anilines is 1. The standard InChI is InChI=1S/C9H9NO5/c1-5(11)10-2-3-14-7-6(10)4-15-8(7)9(12)13/h4H,2-3H2,1H3,(H,12,13). The van der Waals surface area contributed by atoms with Gasteiger partial charge in [-0.15, -0.1) is 0 Å². The van der Waals surface area contributed by atoms with Crippen LogP contribution in [-0.4, -0.2) is 30.1 Å². The molecule has 0 aliphatic carbocycles. The average Bonchev–Trinajstić information content (AvgIpc) is 2.59. The summed E-state index contributed by atoms with van der Waals surface area (Å²) in [5, 5.41) is 8.78. The molecule has 0 saturated heterocycles. The minimum atomic E-state index is -1.21. The number of carbonyl (C=O) groups is 2. The van der Waals surface area contributed by atoms with Crippen molar-refractivity contribution in [2.45, 2.75) is 6.92 Å². The molecule has 0 bridgehead atoms. The molecule has 1 aromatic heterocycles. The molecule has 1 aliphatic heterocycles. The van der Waals surface area contributed by atoms with Gasteiger partial charge in [-0.25, -0.2) is 4.79 Å². The third kappa shape index (κ3) is 1.43. The molecule has 0 spiro atoms. The van der Waals surface area contributed by atoms with E-state index in [1.54, 1.807) is 0 Å². The van der Waals surface area contributed by atoms with Crippen LogP contribution in [0, 0.1) is 0 Å². The van der Waals surface area contributed by atoms with E-state index in [0.29, 0.717) is 12.2 Å². The Morgan fingerprint density at radius 1 is 1.53 bits per heavy atom. The van der Waals surface area contributed by atoms with E-state index in [0.717, 1.165) is 0 Å². The van der Waals surface area contributed by atoms with Gasteiger partial charge in [-0.1, -0.05) is 0 Å². The first-order chi connectivity index (χ1) is 7.11. The second kappa shape index (κ2) is 3.30. The largest absolute Gasteiger partial charge is 0.485 e. The Balaban J connectivity index is 2.46. The van der Waals surface area contributed by atoms with Gasteiger partial charge in [0.15, 0.2) is 5.75 Å². The van der Waals surface area contributed by atoms with Crippen LogP contribution < -0.4 is 9.64 Å². The lowest BCUT2D eigenvalue weighted by Gasteiger charge is -2.25. The van der Waals surface area contributed by atoms with Crippen LogP contribution in [0.1, 0.15) is 17.5 Å². The lowest BCUT2D eigenvalue weighted by atomic mass is 10.3. The number of carbonyl (C=O) groups excluding carboxylic acids is 1. The summed E-state index contributed by atoms with van der Waals surface area (Å²) >= 11 is 0. The number of carboxylic acids is 1. The highest BCUT2D eigenvalue weighted by Gasteiger charge is 2.29. The zero-order valence-electron chi connectivity index (χ0n) is 8.02. The van der Waals surface area contributed by atoms with Gasteiger partial charge in [0.05, 0.1) is 6.54 Å². The van der Waals surface area contributed by atoms with Crippen LogP contribution in [0.4, 0.5) is 5.69 Å². The van der Waals surface area contributed by atoms with Gasteiger partial charge in [-0.2, -0.15) is 0 Å². The molecule has 1 aromatic rings. The average molecular weight is 211 g/mol. The van der Waals surface area contributed by atoms with E-state index < -0.39 is 5.97 Å². The molecule has 0 aromatic carbocycles. The molecule has 1 amide bonds. The van der Waals surface area contributed by atoms with E-state index in [9.17, 15) is 9.59 Å². The van der Waals surface area contributed by atoms with Gasteiger partial charge < -0.3 is 19.2 Å². The summed E-state index contributed by atoms with van der Waals surface area (Å²) in [6.45, 7) is 2.08. The number of rotatable bonds is 1. The third-order valence-corrected chi connectivity index (χ3v) is 2.15. The number of hydrogen-bond acceptors (Lipinski definition) is 4. The van der Waals surface area contributed by atoms with Crippen LogP contribution in [0.2, 0.25) is 0 Å². The number of furan rings is 1. The fourth-order valence-corrected chi connectivity index (χ4v) is 1.50. The van der Waals surface area contributed by atoms with E-state index in [-0.39, 0.29) is 24.0 Å². The van der Waals surface area contributed by atoms with Crippen molar-refractivity contribution in [3.8, 4) is 5.75 Å². The summed E-state index contributed by atoms with van der Waals surface area (Å²) in [5.74, 6) is -1.51.